The van der Waals surface area contributed by atoms with Crippen LogP contribution < -0.4 is 10.2 Å². The highest BCUT2D eigenvalue weighted by molar-refractivity contribution is 5.75. The van der Waals surface area contributed by atoms with Crippen molar-refractivity contribution in [3.63, 3.8) is 0 Å². The van der Waals surface area contributed by atoms with Crippen LogP contribution in [0.5, 0.6) is 0 Å². The van der Waals surface area contributed by atoms with Crippen molar-refractivity contribution in [3.8, 4) is 0 Å². The maximum atomic E-state index is 12.7. The van der Waals surface area contributed by atoms with E-state index in [9.17, 15) is 9.90 Å². The molecule has 2 fully saturated rings. The van der Waals surface area contributed by atoms with Gasteiger partial charge < -0.3 is 20.2 Å². The summed E-state index contributed by atoms with van der Waals surface area (Å²) in [5, 5.41) is 12.5. The lowest BCUT2D eigenvalue weighted by molar-refractivity contribution is 0.128. The number of rotatable bonds is 5. The zero-order valence-corrected chi connectivity index (χ0v) is 15.7. The molecule has 3 rings (SSSR count). The highest BCUT2D eigenvalue weighted by Gasteiger charge is 2.29. The van der Waals surface area contributed by atoms with Gasteiger partial charge in [0.1, 0.15) is 12.1 Å². The second kappa shape index (κ2) is 9.16. The number of carbonyl (C=O) groups is 1. The van der Waals surface area contributed by atoms with Gasteiger partial charge in [0, 0.05) is 50.1 Å². The van der Waals surface area contributed by atoms with E-state index in [0.29, 0.717) is 6.42 Å². The molecular weight excluding hydrogens is 330 g/mol. The van der Waals surface area contributed by atoms with Gasteiger partial charge >= 0.3 is 6.03 Å². The maximum Gasteiger partial charge on any atom is 0.317 e. The minimum atomic E-state index is 0.0388. The largest absolute Gasteiger partial charge is 0.396 e. The molecule has 26 heavy (non-hydrogen) atoms. The zero-order chi connectivity index (χ0) is 18.4. The molecule has 2 amide bonds. The predicted octanol–water partition coefficient (Wildman–Crippen LogP) is 1.95. The van der Waals surface area contributed by atoms with Gasteiger partial charge in [-0.1, -0.05) is 6.92 Å². The summed E-state index contributed by atoms with van der Waals surface area (Å²) in [7, 11) is 0. The third kappa shape index (κ3) is 4.63. The van der Waals surface area contributed by atoms with Gasteiger partial charge in [0.2, 0.25) is 0 Å². The van der Waals surface area contributed by atoms with Crippen LogP contribution in [0.4, 0.5) is 10.6 Å². The predicted molar refractivity (Wildman–Crippen MR) is 101 cm³/mol. The van der Waals surface area contributed by atoms with E-state index in [2.05, 4.69) is 33.2 Å². The van der Waals surface area contributed by atoms with Crippen molar-refractivity contribution in [1.29, 1.82) is 0 Å². The van der Waals surface area contributed by atoms with E-state index in [1.165, 1.54) is 0 Å². The van der Waals surface area contributed by atoms with Crippen molar-refractivity contribution in [1.82, 2.24) is 20.2 Å². The highest BCUT2D eigenvalue weighted by atomic mass is 16.3. The van der Waals surface area contributed by atoms with Crippen LogP contribution in [0, 0.1) is 0 Å². The fraction of sp³-hybridized carbons (Fsp3) is 0.737. The highest BCUT2D eigenvalue weighted by Crippen LogP contribution is 2.21. The fourth-order valence-electron chi connectivity index (χ4n) is 3.98. The van der Waals surface area contributed by atoms with Gasteiger partial charge in [0.25, 0.3) is 0 Å². The van der Waals surface area contributed by atoms with E-state index in [4.69, 9.17) is 0 Å². The molecule has 144 valence electrons. The summed E-state index contributed by atoms with van der Waals surface area (Å²) in [6, 6.07) is 2.49. The average molecular weight is 361 g/mol. The van der Waals surface area contributed by atoms with E-state index in [1.807, 2.05) is 4.90 Å². The summed E-state index contributed by atoms with van der Waals surface area (Å²) in [5.74, 6) is 0.987. The van der Waals surface area contributed by atoms with Crippen molar-refractivity contribution < 1.29 is 9.90 Å². The van der Waals surface area contributed by atoms with Gasteiger partial charge in [0.15, 0.2) is 0 Å². The number of nitrogens with one attached hydrogen (secondary N) is 1. The second-order valence-electron chi connectivity index (χ2n) is 7.29. The van der Waals surface area contributed by atoms with Crippen LogP contribution in [-0.2, 0) is 6.42 Å². The number of hydrogen-bond acceptors (Lipinski definition) is 5. The molecule has 7 nitrogen and oxygen atoms in total. The van der Waals surface area contributed by atoms with Crippen LogP contribution in [-0.4, -0.2) is 64.3 Å². The van der Waals surface area contributed by atoms with E-state index in [0.717, 1.165) is 69.7 Å². The molecule has 0 saturated carbocycles. The van der Waals surface area contributed by atoms with E-state index < -0.39 is 0 Å². The van der Waals surface area contributed by atoms with Crippen LogP contribution in [0.25, 0.3) is 0 Å². The van der Waals surface area contributed by atoms with E-state index in [-0.39, 0.29) is 24.7 Å². The number of piperidine rings is 2. The number of likely N-dealkylation sites (tertiary alicyclic amines) is 1. The minimum Gasteiger partial charge on any atom is -0.396 e. The molecular formula is C19H31N5O2. The standard InChI is InChI=1S/C19H31N5O2/c1-2-15-13-18(21-14-20-15)23-10-6-16(7-11-23)22-19(26)24-9-4-3-5-17(24)8-12-25/h13-14,16-17,25H,2-12H2,1H3,(H,22,26). The molecule has 2 aliphatic heterocycles. The first-order valence-corrected chi connectivity index (χ1v) is 9.95. The van der Waals surface area contributed by atoms with Crippen molar-refractivity contribution in [3.05, 3.63) is 18.1 Å². The number of urea groups is 1. The van der Waals surface area contributed by atoms with Crippen LogP contribution in [0.3, 0.4) is 0 Å². The van der Waals surface area contributed by atoms with Gasteiger partial charge in [-0.3, -0.25) is 0 Å². The lowest BCUT2D eigenvalue weighted by Crippen LogP contribution is -2.53. The summed E-state index contributed by atoms with van der Waals surface area (Å²) in [6.45, 7) is 4.83. The van der Waals surface area contributed by atoms with Gasteiger partial charge in [0.05, 0.1) is 0 Å². The molecule has 0 bridgehead atoms. The molecule has 0 radical (unpaired) electrons. The first kappa shape index (κ1) is 18.9. The van der Waals surface area contributed by atoms with Crippen LogP contribution in [0.1, 0.15) is 51.1 Å². The minimum absolute atomic E-state index is 0.0388. The molecule has 7 heteroatoms. The van der Waals surface area contributed by atoms with Gasteiger partial charge in [-0.2, -0.15) is 0 Å². The number of nitrogens with zero attached hydrogens (tertiary/aromatic N) is 4. The number of aliphatic hydroxyl groups excluding tert-OH is 1. The smallest absolute Gasteiger partial charge is 0.317 e. The summed E-state index contributed by atoms with van der Waals surface area (Å²) >= 11 is 0. The molecule has 1 atom stereocenters. The number of anilines is 1. The first-order valence-electron chi connectivity index (χ1n) is 9.95. The van der Waals surface area contributed by atoms with Crippen molar-refractivity contribution in [2.45, 2.75) is 64.0 Å². The second-order valence-corrected chi connectivity index (χ2v) is 7.29. The molecule has 2 N–H and O–H groups in total. The Kier molecular flexibility index (Phi) is 6.66. The maximum absolute atomic E-state index is 12.7. The molecule has 1 aromatic heterocycles. The van der Waals surface area contributed by atoms with E-state index >= 15 is 0 Å². The van der Waals surface area contributed by atoms with Gasteiger partial charge in [-0.15, -0.1) is 0 Å². The fourth-order valence-corrected chi connectivity index (χ4v) is 3.98. The molecule has 0 aromatic carbocycles. The molecule has 0 spiro atoms. The van der Waals surface area contributed by atoms with Crippen LogP contribution in [0.15, 0.2) is 12.4 Å². The molecule has 1 unspecified atom stereocenters. The van der Waals surface area contributed by atoms with Gasteiger partial charge in [-0.25, -0.2) is 14.8 Å². The van der Waals surface area contributed by atoms with Crippen molar-refractivity contribution >= 4 is 11.8 Å². The number of hydrogen-bond donors (Lipinski definition) is 2. The Balaban J connectivity index is 1.50. The van der Waals surface area contributed by atoms with Crippen molar-refractivity contribution in [2.24, 2.45) is 0 Å². The first-order chi connectivity index (χ1) is 12.7. The molecule has 0 aliphatic carbocycles. The SMILES string of the molecule is CCc1cc(N2CCC(NC(=O)N3CCCCC3CCO)CC2)ncn1. The normalized spacial score (nSPS) is 21.7. The zero-order valence-electron chi connectivity index (χ0n) is 15.7. The number of aliphatic hydroxyl groups is 1. The number of aromatic nitrogens is 2. The monoisotopic (exact) mass is 361 g/mol. The summed E-state index contributed by atoms with van der Waals surface area (Å²) in [6.07, 6.45) is 8.28. The Bertz CT molecular complexity index is 587. The van der Waals surface area contributed by atoms with Crippen molar-refractivity contribution in [2.75, 3.05) is 31.1 Å². The number of carbonyl (C=O) groups excluding carboxylic acids is 1. The van der Waals surface area contributed by atoms with E-state index in [1.54, 1.807) is 6.33 Å². The molecule has 2 aliphatic rings. The number of aryl methyl sites for hydroxylation is 1. The summed E-state index contributed by atoms with van der Waals surface area (Å²) < 4.78 is 0. The topological polar surface area (TPSA) is 81.6 Å². The van der Waals surface area contributed by atoms with Gasteiger partial charge in [-0.05, 0) is 44.9 Å². The average Bonchev–Trinajstić information content (AvgIpc) is 2.69. The number of amides is 2. The Morgan fingerprint density at radius 1 is 1.23 bits per heavy atom. The lowest BCUT2D eigenvalue weighted by Gasteiger charge is -2.38. The van der Waals surface area contributed by atoms with Crippen LogP contribution in [0.2, 0.25) is 0 Å². The lowest BCUT2D eigenvalue weighted by atomic mass is 10.00. The Morgan fingerprint density at radius 3 is 2.77 bits per heavy atom. The summed E-state index contributed by atoms with van der Waals surface area (Å²) in [5.41, 5.74) is 1.06. The summed E-state index contributed by atoms with van der Waals surface area (Å²) in [4.78, 5) is 25.6. The molecule has 1 aromatic rings. The third-order valence-corrected chi connectivity index (χ3v) is 5.57. The third-order valence-electron chi connectivity index (χ3n) is 5.57. The Morgan fingerprint density at radius 2 is 2.04 bits per heavy atom. The quantitative estimate of drug-likeness (QED) is 0.838. The Hall–Kier alpha value is -1.89. The molecule has 2 saturated heterocycles. The van der Waals surface area contributed by atoms with Crippen LogP contribution >= 0.6 is 0 Å². The Labute approximate surface area is 155 Å². The molecule has 3 heterocycles.